The van der Waals surface area contributed by atoms with Gasteiger partial charge in [0, 0.05) is 15.7 Å². The standard InChI is InChI=1S/C15H21I2NO2/c1-15(2,20)11-3-5-18(6-4-11)9-10-7-12(16)8-13(17)14(10)19/h7-8,11,19-20H,3-6,9H2,1-2H3. The Labute approximate surface area is 148 Å². The Kier molecular flexibility index (Phi) is 5.58. The van der Waals surface area contributed by atoms with E-state index in [-0.39, 0.29) is 0 Å². The minimum absolute atomic E-state index is 0.378. The monoisotopic (exact) mass is 501 g/mol. The smallest absolute Gasteiger partial charge is 0.133 e. The minimum atomic E-state index is -0.578. The Morgan fingerprint density at radius 1 is 1.25 bits per heavy atom. The molecule has 2 rings (SSSR count). The topological polar surface area (TPSA) is 43.7 Å². The number of nitrogens with zero attached hydrogens (tertiary/aromatic N) is 1. The Bertz CT molecular complexity index is 477. The second kappa shape index (κ2) is 6.66. The molecule has 3 nitrogen and oxygen atoms in total. The second-order valence-electron chi connectivity index (χ2n) is 6.10. The summed E-state index contributed by atoms with van der Waals surface area (Å²) in [5.41, 5.74) is 0.425. The average molecular weight is 501 g/mol. The molecule has 1 aromatic carbocycles. The van der Waals surface area contributed by atoms with Gasteiger partial charge in [0.25, 0.3) is 0 Å². The molecule has 1 saturated heterocycles. The van der Waals surface area contributed by atoms with E-state index in [1.54, 1.807) is 0 Å². The van der Waals surface area contributed by atoms with Gasteiger partial charge in [-0.05, 0) is 103 Å². The Balaban J connectivity index is 2.00. The number of likely N-dealkylation sites (tertiary alicyclic amines) is 1. The van der Waals surface area contributed by atoms with Crippen LogP contribution in [0, 0.1) is 13.1 Å². The number of rotatable bonds is 3. The lowest BCUT2D eigenvalue weighted by Crippen LogP contribution is -2.41. The van der Waals surface area contributed by atoms with Crippen LogP contribution in [0.15, 0.2) is 12.1 Å². The highest BCUT2D eigenvalue weighted by atomic mass is 127. The maximum Gasteiger partial charge on any atom is 0.133 e. The average Bonchev–Trinajstić information content (AvgIpc) is 2.35. The highest BCUT2D eigenvalue weighted by Gasteiger charge is 2.30. The van der Waals surface area contributed by atoms with Crippen molar-refractivity contribution in [3.63, 3.8) is 0 Å². The van der Waals surface area contributed by atoms with Gasteiger partial charge in [-0.15, -0.1) is 0 Å². The Hall–Kier alpha value is 0.400. The summed E-state index contributed by atoms with van der Waals surface area (Å²) in [6.45, 7) is 6.56. The number of aliphatic hydroxyl groups is 1. The van der Waals surface area contributed by atoms with E-state index in [9.17, 15) is 10.2 Å². The van der Waals surface area contributed by atoms with Crippen LogP contribution in [0.4, 0.5) is 0 Å². The normalized spacial score (nSPS) is 18.4. The van der Waals surface area contributed by atoms with Gasteiger partial charge in [-0.1, -0.05) is 0 Å². The fourth-order valence-electron chi connectivity index (χ4n) is 2.78. The van der Waals surface area contributed by atoms with E-state index in [4.69, 9.17) is 0 Å². The molecule has 1 aromatic rings. The lowest BCUT2D eigenvalue weighted by Gasteiger charge is -2.37. The molecule has 1 fully saturated rings. The predicted octanol–water partition coefficient (Wildman–Crippen LogP) is 3.58. The number of hydrogen-bond donors (Lipinski definition) is 2. The van der Waals surface area contributed by atoms with E-state index in [0.29, 0.717) is 11.7 Å². The lowest BCUT2D eigenvalue weighted by atomic mass is 9.83. The molecule has 0 radical (unpaired) electrons. The van der Waals surface area contributed by atoms with E-state index in [2.05, 4.69) is 56.1 Å². The molecule has 0 unspecified atom stereocenters. The third kappa shape index (κ3) is 4.20. The predicted molar refractivity (Wildman–Crippen MR) is 97.8 cm³/mol. The fraction of sp³-hybridized carbons (Fsp3) is 0.600. The van der Waals surface area contributed by atoms with E-state index >= 15 is 0 Å². The van der Waals surface area contributed by atoms with E-state index < -0.39 is 5.60 Å². The molecule has 0 amide bonds. The molecule has 0 aliphatic carbocycles. The molecule has 0 bridgehead atoms. The number of benzene rings is 1. The third-order valence-electron chi connectivity index (χ3n) is 4.09. The quantitative estimate of drug-likeness (QED) is 0.623. The van der Waals surface area contributed by atoms with Crippen molar-refractivity contribution in [2.45, 2.75) is 38.8 Å². The molecule has 20 heavy (non-hydrogen) atoms. The number of phenols is 1. The largest absolute Gasteiger partial charge is 0.507 e. The van der Waals surface area contributed by atoms with E-state index in [1.807, 2.05) is 19.9 Å². The van der Waals surface area contributed by atoms with Gasteiger partial charge in [0.2, 0.25) is 0 Å². The van der Waals surface area contributed by atoms with Crippen LogP contribution in [-0.4, -0.2) is 33.8 Å². The second-order valence-corrected chi connectivity index (χ2v) is 8.51. The maximum atomic E-state index is 10.2. The van der Waals surface area contributed by atoms with Gasteiger partial charge in [0.1, 0.15) is 5.75 Å². The minimum Gasteiger partial charge on any atom is -0.507 e. The summed E-state index contributed by atoms with van der Waals surface area (Å²) in [6.07, 6.45) is 2.04. The van der Waals surface area contributed by atoms with Gasteiger partial charge in [0.15, 0.2) is 0 Å². The van der Waals surface area contributed by atoms with Crippen LogP contribution in [0.5, 0.6) is 5.75 Å². The van der Waals surface area contributed by atoms with Crippen molar-refractivity contribution >= 4 is 45.2 Å². The number of halogens is 2. The van der Waals surface area contributed by atoms with Gasteiger partial charge in [0.05, 0.1) is 9.17 Å². The molecule has 1 aliphatic rings. The molecule has 0 aromatic heterocycles. The number of hydrogen-bond acceptors (Lipinski definition) is 3. The number of aromatic hydroxyl groups is 1. The SMILES string of the molecule is CC(C)(O)C1CCN(Cc2cc(I)cc(I)c2O)CC1. The Morgan fingerprint density at radius 2 is 1.85 bits per heavy atom. The highest BCUT2D eigenvalue weighted by Crippen LogP contribution is 2.31. The maximum absolute atomic E-state index is 10.2. The van der Waals surface area contributed by atoms with Crippen LogP contribution in [0.1, 0.15) is 32.3 Å². The van der Waals surface area contributed by atoms with Crippen LogP contribution >= 0.6 is 45.2 Å². The van der Waals surface area contributed by atoms with Crippen molar-refractivity contribution in [2.75, 3.05) is 13.1 Å². The van der Waals surface area contributed by atoms with Crippen molar-refractivity contribution in [1.82, 2.24) is 4.90 Å². The summed E-state index contributed by atoms with van der Waals surface area (Å²) in [5.74, 6) is 0.791. The van der Waals surface area contributed by atoms with Crippen molar-refractivity contribution < 1.29 is 10.2 Å². The first kappa shape index (κ1) is 16.8. The summed E-state index contributed by atoms with van der Waals surface area (Å²) in [7, 11) is 0. The number of phenolic OH excluding ortho intramolecular Hbond substituents is 1. The molecule has 2 N–H and O–H groups in total. The van der Waals surface area contributed by atoms with E-state index in [1.165, 1.54) is 0 Å². The molecule has 0 saturated carbocycles. The van der Waals surface area contributed by atoms with Crippen LogP contribution < -0.4 is 0 Å². The highest BCUT2D eigenvalue weighted by molar-refractivity contribution is 14.1. The van der Waals surface area contributed by atoms with Crippen molar-refractivity contribution in [3.8, 4) is 5.75 Å². The van der Waals surface area contributed by atoms with Gasteiger partial charge >= 0.3 is 0 Å². The fourth-order valence-corrected chi connectivity index (χ4v) is 4.74. The van der Waals surface area contributed by atoms with Crippen LogP contribution in [0.2, 0.25) is 0 Å². The summed E-state index contributed by atoms with van der Waals surface area (Å²) in [5, 5.41) is 20.2. The van der Waals surface area contributed by atoms with Crippen molar-refractivity contribution in [3.05, 3.63) is 24.8 Å². The molecule has 0 atom stereocenters. The molecular formula is C15H21I2NO2. The lowest BCUT2D eigenvalue weighted by molar-refractivity contribution is -0.0137. The van der Waals surface area contributed by atoms with Crippen LogP contribution in [0.3, 0.4) is 0 Å². The molecule has 5 heteroatoms. The summed E-state index contributed by atoms with van der Waals surface area (Å²) < 4.78 is 2.07. The van der Waals surface area contributed by atoms with Gasteiger partial charge < -0.3 is 10.2 Å². The zero-order chi connectivity index (χ0) is 14.9. The molecule has 112 valence electrons. The third-order valence-corrected chi connectivity index (χ3v) is 5.53. The summed E-state index contributed by atoms with van der Waals surface area (Å²) in [6, 6.07) is 4.04. The molecule has 1 aliphatic heterocycles. The summed E-state index contributed by atoms with van der Waals surface area (Å²) >= 11 is 4.47. The first-order valence-electron chi connectivity index (χ1n) is 6.89. The molecule has 1 heterocycles. The number of piperidine rings is 1. The van der Waals surface area contributed by atoms with Crippen LogP contribution in [0.25, 0.3) is 0 Å². The first-order chi connectivity index (χ1) is 9.27. The zero-order valence-electron chi connectivity index (χ0n) is 11.9. The van der Waals surface area contributed by atoms with Gasteiger partial charge in [-0.3, -0.25) is 4.90 Å². The van der Waals surface area contributed by atoms with Crippen LogP contribution in [-0.2, 0) is 6.54 Å². The van der Waals surface area contributed by atoms with Gasteiger partial charge in [-0.25, -0.2) is 0 Å². The van der Waals surface area contributed by atoms with E-state index in [0.717, 1.165) is 45.2 Å². The summed E-state index contributed by atoms with van der Waals surface area (Å²) in [4.78, 5) is 2.36. The van der Waals surface area contributed by atoms with Gasteiger partial charge in [-0.2, -0.15) is 0 Å². The van der Waals surface area contributed by atoms with Crippen molar-refractivity contribution in [2.24, 2.45) is 5.92 Å². The zero-order valence-corrected chi connectivity index (χ0v) is 16.2. The Morgan fingerprint density at radius 3 is 2.40 bits per heavy atom. The molecular weight excluding hydrogens is 480 g/mol. The first-order valence-corrected chi connectivity index (χ1v) is 9.04. The molecule has 0 spiro atoms. The van der Waals surface area contributed by atoms with Crippen molar-refractivity contribution in [1.29, 1.82) is 0 Å².